The van der Waals surface area contributed by atoms with Gasteiger partial charge in [0.15, 0.2) is 0 Å². The van der Waals surface area contributed by atoms with Gasteiger partial charge in [-0.1, -0.05) is 0 Å². The Morgan fingerprint density at radius 3 is 2.39 bits per heavy atom. The number of benzene rings is 1. The van der Waals surface area contributed by atoms with Crippen LogP contribution in [-0.2, 0) is 14.2 Å². The van der Waals surface area contributed by atoms with Crippen LogP contribution >= 0.6 is 0 Å². The minimum Gasteiger partial charge on any atom is -0.443 e. The van der Waals surface area contributed by atoms with Crippen molar-refractivity contribution in [2.75, 3.05) is 84.6 Å². The molecule has 0 saturated carbocycles. The lowest BCUT2D eigenvalue weighted by Gasteiger charge is -2.40. The van der Waals surface area contributed by atoms with Gasteiger partial charge < -0.3 is 33.8 Å². The fourth-order valence-corrected chi connectivity index (χ4v) is 4.65. The van der Waals surface area contributed by atoms with Crippen molar-refractivity contribution in [3.05, 3.63) is 29.8 Å². The molecule has 10 heteroatoms. The van der Waals surface area contributed by atoms with Gasteiger partial charge in [0.05, 0.1) is 25.0 Å². The topological polar surface area (TPSA) is 57.7 Å². The smallest absolute Gasteiger partial charge is 0.410 e. The highest BCUT2D eigenvalue weighted by Crippen LogP contribution is 2.23. The summed E-state index contributed by atoms with van der Waals surface area (Å²) in [6.45, 7) is 6.18. The number of anilines is 1. The minimum atomic E-state index is -0.603. The fraction of sp³-hybridized carbons (Fsp3) is 0.696. The van der Waals surface area contributed by atoms with E-state index in [1.54, 1.807) is 4.90 Å². The summed E-state index contributed by atoms with van der Waals surface area (Å²) in [6.07, 6.45) is -0.451. The number of carbonyl (C=O) groups excluding carboxylic acids is 1. The number of morpholine rings is 2. The number of hydrogen-bond donors (Lipinski definition) is 0. The highest BCUT2D eigenvalue weighted by atomic mass is 19.1. The molecule has 1 amide bonds. The number of amides is 1. The molecular formula is C23H34F2N4O4. The Kier molecular flexibility index (Phi) is 8.00. The Labute approximate surface area is 193 Å². The van der Waals surface area contributed by atoms with Gasteiger partial charge in [0.25, 0.3) is 0 Å². The summed E-state index contributed by atoms with van der Waals surface area (Å²) < 4.78 is 45.2. The Bertz CT molecular complexity index is 809. The van der Waals surface area contributed by atoms with Gasteiger partial charge in [0.1, 0.15) is 23.8 Å². The van der Waals surface area contributed by atoms with Gasteiger partial charge in [-0.2, -0.15) is 0 Å². The van der Waals surface area contributed by atoms with Crippen LogP contribution in [0.5, 0.6) is 0 Å². The molecule has 3 saturated heterocycles. The molecule has 184 valence electrons. The first-order valence-electron chi connectivity index (χ1n) is 11.6. The number of hydrogen-bond acceptors (Lipinski definition) is 7. The molecule has 3 atom stereocenters. The average molecular weight is 469 g/mol. The zero-order valence-electron chi connectivity index (χ0n) is 19.4. The predicted molar refractivity (Wildman–Crippen MR) is 120 cm³/mol. The quantitative estimate of drug-likeness (QED) is 0.651. The summed E-state index contributed by atoms with van der Waals surface area (Å²) in [7, 11) is 4.10. The third-order valence-electron chi connectivity index (χ3n) is 6.59. The van der Waals surface area contributed by atoms with Crippen LogP contribution in [0.3, 0.4) is 0 Å². The number of likely N-dealkylation sites (N-methyl/N-ethyl adjacent to an activating group) is 2. The second-order valence-electron chi connectivity index (χ2n) is 9.15. The molecule has 1 aromatic rings. The van der Waals surface area contributed by atoms with Crippen molar-refractivity contribution < 1.29 is 27.8 Å². The lowest BCUT2D eigenvalue weighted by Crippen LogP contribution is -2.53. The molecule has 3 heterocycles. The third-order valence-corrected chi connectivity index (χ3v) is 6.59. The van der Waals surface area contributed by atoms with Crippen LogP contribution in [0.1, 0.15) is 6.42 Å². The monoisotopic (exact) mass is 468 g/mol. The molecule has 3 fully saturated rings. The van der Waals surface area contributed by atoms with Gasteiger partial charge in [0, 0.05) is 64.8 Å². The molecule has 1 aromatic carbocycles. The van der Waals surface area contributed by atoms with Crippen molar-refractivity contribution in [2.45, 2.75) is 24.7 Å². The molecular weight excluding hydrogens is 434 g/mol. The van der Waals surface area contributed by atoms with E-state index in [0.29, 0.717) is 58.0 Å². The van der Waals surface area contributed by atoms with E-state index in [-0.39, 0.29) is 18.3 Å². The number of nitrogens with zero attached hydrogens (tertiary/aromatic N) is 4. The highest BCUT2D eigenvalue weighted by molar-refractivity contribution is 5.68. The van der Waals surface area contributed by atoms with Gasteiger partial charge in [0.2, 0.25) is 0 Å². The zero-order chi connectivity index (χ0) is 23.4. The van der Waals surface area contributed by atoms with Crippen LogP contribution in [0.15, 0.2) is 18.2 Å². The van der Waals surface area contributed by atoms with Crippen molar-refractivity contribution in [2.24, 2.45) is 0 Å². The maximum Gasteiger partial charge on any atom is 0.410 e. The predicted octanol–water partition coefficient (Wildman–Crippen LogP) is 1.64. The molecule has 0 N–H and O–H groups in total. The Hall–Kier alpha value is -2.01. The van der Waals surface area contributed by atoms with E-state index >= 15 is 0 Å². The van der Waals surface area contributed by atoms with Crippen molar-refractivity contribution in [3.8, 4) is 0 Å². The van der Waals surface area contributed by atoms with Crippen molar-refractivity contribution in [3.63, 3.8) is 0 Å². The largest absolute Gasteiger partial charge is 0.443 e. The minimum absolute atomic E-state index is 0.0179. The Balaban J connectivity index is 1.36. The molecule has 3 aliphatic rings. The average Bonchev–Trinajstić information content (AvgIpc) is 2.79. The summed E-state index contributed by atoms with van der Waals surface area (Å²) in [5, 5.41) is 0. The van der Waals surface area contributed by atoms with Gasteiger partial charge in [-0.05, 0) is 26.2 Å². The molecule has 3 aliphatic heterocycles. The van der Waals surface area contributed by atoms with Crippen LogP contribution in [0.25, 0.3) is 0 Å². The number of carbonyl (C=O) groups is 1. The zero-order valence-corrected chi connectivity index (χ0v) is 19.4. The molecule has 0 spiro atoms. The number of rotatable bonds is 5. The van der Waals surface area contributed by atoms with Crippen LogP contribution in [-0.4, -0.2) is 119 Å². The van der Waals surface area contributed by atoms with Gasteiger partial charge in [-0.15, -0.1) is 0 Å². The van der Waals surface area contributed by atoms with E-state index in [4.69, 9.17) is 14.2 Å². The van der Waals surface area contributed by atoms with E-state index in [9.17, 15) is 13.6 Å². The lowest BCUT2D eigenvalue weighted by molar-refractivity contribution is -0.114. The van der Waals surface area contributed by atoms with Gasteiger partial charge in [-0.3, -0.25) is 0 Å². The highest BCUT2D eigenvalue weighted by Gasteiger charge is 2.35. The van der Waals surface area contributed by atoms with E-state index < -0.39 is 17.7 Å². The van der Waals surface area contributed by atoms with E-state index in [1.165, 1.54) is 12.1 Å². The lowest BCUT2D eigenvalue weighted by atomic mass is 10.0. The second-order valence-corrected chi connectivity index (χ2v) is 9.15. The first-order chi connectivity index (χ1) is 15.9. The standard InChI is InChI=1S/C23H34F2N4O4/c1-26-9-11-31-18(15-26)14-21(22-16-27(2)10-12-32-22)33-23(30)29-7-5-28(6-8-29)20-4-3-17(24)13-19(20)25/h3-4,13,18,21-22H,5-12,14-16H2,1-2H3/t18-,21?,22-/m0/s1. The van der Waals surface area contributed by atoms with E-state index in [1.807, 2.05) is 11.9 Å². The Morgan fingerprint density at radius 1 is 1.03 bits per heavy atom. The first-order valence-corrected chi connectivity index (χ1v) is 11.6. The van der Waals surface area contributed by atoms with Crippen LogP contribution < -0.4 is 4.90 Å². The molecule has 1 unspecified atom stereocenters. The first kappa shape index (κ1) is 24.1. The Morgan fingerprint density at radius 2 is 1.73 bits per heavy atom. The van der Waals surface area contributed by atoms with Gasteiger partial charge in [-0.25, -0.2) is 13.6 Å². The van der Waals surface area contributed by atoms with Crippen LogP contribution in [0.4, 0.5) is 19.3 Å². The molecule has 4 rings (SSSR count). The van der Waals surface area contributed by atoms with E-state index in [2.05, 4.69) is 16.8 Å². The molecule has 0 aliphatic carbocycles. The van der Waals surface area contributed by atoms with Crippen molar-refractivity contribution >= 4 is 11.8 Å². The van der Waals surface area contributed by atoms with Crippen LogP contribution in [0.2, 0.25) is 0 Å². The summed E-state index contributed by atoms with van der Waals surface area (Å²) in [5.41, 5.74) is 0.347. The molecule has 0 bridgehead atoms. The van der Waals surface area contributed by atoms with Gasteiger partial charge >= 0.3 is 6.09 Å². The number of ether oxygens (including phenoxy) is 3. The molecule has 0 radical (unpaired) electrons. The number of halogens is 2. The van der Waals surface area contributed by atoms with E-state index in [0.717, 1.165) is 25.7 Å². The molecule has 8 nitrogen and oxygen atoms in total. The van der Waals surface area contributed by atoms with Crippen LogP contribution in [0, 0.1) is 11.6 Å². The summed E-state index contributed by atoms with van der Waals surface area (Å²) in [6, 6.07) is 3.56. The summed E-state index contributed by atoms with van der Waals surface area (Å²) in [5.74, 6) is -1.20. The molecule has 0 aromatic heterocycles. The SMILES string of the molecule is CN1CCO[C@@H](CC(OC(=O)N2CCN(c3ccc(F)cc3F)CC2)[C@@H]2CN(C)CCO2)C1. The second kappa shape index (κ2) is 10.9. The normalized spacial score (nSPS) is 26.3. The van der Waals surface area contributed by atoms with Crippen molar-refractivity contribution in [1.82, 2.24) is 14.7 Å². The molecule has 33 heavy (non-hydrogen) atoms. The maximum atomic E-state index is 14.1. The maximum absolute atomic E-state index is 14.1. The third kappa shape index (κ3) is 6.32. The summed E-state index contributed by atoms with van der Waals surface area (Å²) >= 11 is 0. The number of piperazine rings is 1. The fourth-order valence-electron chi connectivity index (χ4n) is 4.65. The van der Waals surface area contributed by atoms with Crippen molar-refractivity contribution in [1.29, 1.82) is 0 Å². The summed E-state index contributed by atoms with van der Waals surface area (Å²) in [4.78, 5) is 20.9.